The number of nitrogens with zero attached hydrogens (tertiary/aromatic N) is 3. The average molecular weight is 520 g/mol. The molecular weight excluding hydrogens is 497 g/mol. The van der Waals surface area contributed by atoms with E-state index in [2.05, 4.69) is 20.5 Å². The van der Waals surface area contributed by atoms with E-state index in [0.29, 0.717) is 48.4 Å². The molecule has 4 heterocycles. The molecule has 12 heteroatoms. The first kappa shape index (κ1) is 23.9. The van der Waals surface area contributed by atoms with Gasteiger partial charge in [0, 0.05) is 53.4 Å². The van der Waals surface area contributed by atoms with E-state index in [1.165, 1.54) is 36.6 Å². The number of fused-ring (bicyclic) bond motifs is 2. The van der Waals surface area contributed by atoms with Crippen LogP contribution in [0.4, 0.5) is 4.39 Å². The molecule has 3 unspecified atom stereocenters. The van der Waals surface area contributed by atoms with E-state index in [1.54, 1.807) is 6.20 Å². The highest BCUT2D eigenvalue weighted by Crippen LogP contribution is 2.37. The molecule has 0 aliphatic carbocycles. The lowest BCUT2D eigenvalue weighted by molar-refractivity contribution is -0.136. The molecule has 2 N–H and O–H groups in total. The highest BCUT2D eigenvalue weighted by atomic mass is 35.5. The zero-order valence-corrected chi connectivity index (χ0v) is 20.4. The van der Waals surface area contributed by atoms with Crippen LogP contribution in [0, 0.1) is 5.82 Å². The Hall–Kier alpha value is -2.86. The SMILES string of the molecule is COC(=O)C1=C(CN2C3CNC(=O)CC2COC3)NC(c2nccs2)=NC1c1ccc(F)cc1Cl. The van der Waals surface area contributed by atoms with Gasteiger partial charge in [-0.15, -0.1) is 11.3 Å². The van der Waals surface area contributed by atoms with Crippen molar-refractivity contribution in [3.05, 3.63) is 62.5 Å². The summed E-state index contributed by atoms with van der Waals surface area (Å²) in [6.45, 7) is 1.62. The van der Waals surface area contributed by atoms with Gasteiger partial charge < -0.3 is 20.1 Å². The number of rotatable bonds is 5. The lowest BCUT2D eigenvalue weighted by atomic mass is 9.94. The second kappa shape index (κ2) is 10.0. The smallest absolute Gasteiger partial charge is 0.338 e. The number of thiazole rings is 1. The first-order valence-electron chi connectivity index (χ1n) is 11.1. The second-order valence-corrected chi connectivity index (χ2v) is 9.72. The van der Waals surface area contributed by atoms with Crippen molar-refractivity contribution in [1.29, 1.82) is 0 Å². The van der Waals surface area contributed by atoms with Gasteiger partial charge in [0.15, 0.2) is 10.8 Å². The predicted molar refractivity (Wildman–Crippen MR) is 128 cm³/mol. The predicted octanol–water partition coefficient (Wildman–Crippen LogP) is 2.04. The molecule has 2 fully saturated rings. The largest absolute Gasteiger partial charge is 0.466 e. The van der Waals surface area contributed by atoms with Gasteiger partial charge in [-0.05, 0) is 12.1 Å². The lowest BCUT2D eigenvalue weighted by Crippen LogP contribution is -2.55. The van der Waals surface area contributed by atoms with Crippen LogP contribution in [0.3, 0.4) is 0 Å². The first-order chi connectivity index (χ1) is 16.9. The van der Waals surface area contributed by atoms with Gasteiger partial charge in [-0.3, -0.25) is 14.7 Å². The average Bonchev–Trinajstić information content (AvgIpc) is 3.36. The van der Waals surface area contributed by atoms with Crippen molar-refractivity contribution >= 4 is 40.6 Å². The highest BCUT2D eigenvalue weighted by Gasteiger charge is 2.39. The summed E-state index contributed by atoms with van der Waals surface area (Å²) in [7, 11) is 1.30. The molecule has 3 aliphatic rings. The number of hydrogen-bond donors (Lipinski definition) is 2. The van der Waals surface area contributed by atoms with Gasteiger partial charge in [0.25, 0.3) is 0 Å². The van der Waals surface area contributed by atoms with E-state index >= 15 is 0 Å². The Balaban J connectivity index is 1.61. The number of methoxy groups -OCH3 is 1. The Labute approximate surface area is 210 Å². The summed E-state index contributed by atoms with van der Waals surface area (Å²) in [5.74, 6) is -0.633. The molecule has 5 rings (SSSR count). The van der Waals surface area contributed by atoms with Gasteiger partial charge in [0.2, 0.25) is 5.91 Å². The van der Waals surface area contributed by atoms with Crippen molar-refractivity contribution in [2.75, 3.05) is 33.4 Å². The van der Waals surface area contributed by atoms with Gasteiger partial charge in [-0.2, -0.15) is 0 Å². The summed E-state index contributed by atoms with van der Waals surface area (Å²) >= 11 is 7.81. The summed E-state index contributed by atoms with van der Waals surface area (Å²) in [5, 5.41) is 8.83. The fraction of sp³-hybridized carbons (Fsp3) is 0.391. The topological polar surface area (TPSA) is 105 Å². The summed E-state index contributed by atoms with van der Waals surface area (Å²) in [6, 6.07) is 2.94. The van der Waals surface area contributed by atoms with Gasteiger partial charge in [0.1, 0.15) is 11.9 Å². The maximum atomic E-state index is 13.8. The maximum Gasteiger partial charge on any atom is 0.338 e. The molecule has 1 amide bonds. The minimum atomic E-state index is -0.839. The Morgan fingerprint density at radius 2 is 2.20 bits per heavy atom. The fourth-order valence-corrected chi connectivity index (χ4v) is 5.47. The third kappa shape index (κ3) is 4.81. The number of benzene rings is 1. The first-order valence-corrected chi connectivity index (χ1v) is 12.3. The molecule has 3 atom stereocenters. The summed E-state index contributed by atoms with van der Waals surface area (Å²) in [5.41, 5.74) is 1.30. The third-order valence-electron chi connectivity index (χ3n) is 6.28. The lowest BCUT2D eigenvalue weighted by Gasteiger charge is -2.41. The number of carbonyl (C=O) groups excluding carboxylic acids is 2. The van der Waals surface area contributed by atoms with E-state index in [-0.39, 0.29) is 35.0 Å². The van der Waals surface area contributed by atoms with Crippen LogP contribution >= 0.6 is 22.9 Å². The quantitative estimate of drug-likeness (QED) is 0.582. The van der Waals surface area contributed by atoms with Crippen molar-refractivity contribution in [3.63, 3.8) is 0 Å². The third-order valence-corrected chi connectivity index (χ3v) is 7.39. The van der Waals surface area contributed by atoms with Crippen molar-refractivity contribution in [2.24, 2.45) is 4.99 Å². The maximum absolute atomic E-state index is 13.8. The van der Waals surface area contributed by atoms with Gasteiger partial charge >= 0.3 is 5.97 Å². The summed E-state index contributed by atoms with van der Waals surface area (Å²) < 4.78 is 24.7. The molecule has 184 valence electrons. The number of hydrogen-bond acceptors (Lipinski definition) is 9. The van der Waals surface area contributed by atoms with Crippen LogP contribution < -0.4 is 10.6 Å². The molecule has 0 saturated carbocycles. The van der Waals surface area contributed by atoms with Crippen molar-refractivity contribution in [2.45, 2.75) is 24.5 Å². The Kier molecular flexibility index (Phi) is 6.83. The number of ether oxygens (including phenoxy) is 2. The van der Waals surface area contributed by atoms with E-state index in [1.807, 2.05) is 5.38 Å². The number of nitrogens with one attached hydrogen (secondary N) is 2. The van der Waals surface area contributed by atoms with Crippen LogP contribution in [0.5, 0.6) is 0 Å². The second-order valence-electron chi connectivity index (χ2n) is 8.42. The zero-order chi connectivity index (χ0) is 24.5. The Morgan fingerprint density at radius 3 is 2.94 bits per heavy atom. The number of amides is 1. The number of halogens is 2. The molecule has 3 aliphatic heterocycles. The molecule has 1 aromatic carbocycles. The number of amidine groups is 1. The normalized spacial score (nSPS) is 24.8. The molecular formula is C23H23ClFN5O4S. The van der Waals surface area contributed by atoms with Crippen LogP contribution in [-0.2, 0) is 19.1 Å². The molecule has 9 nitrogen and oxygen atoms in total. The van der Waals surface area contributed by atoms with Crippen molar-refractivity contribution in [3.8, 4) is 0 Å². The van der Waals surface area contributed by atoms with E-state index in [9.17, 15) is 14.0 Å². The standard InChI is InChI=1S/C23H23ClFN5O4S/c1-33-23(32)19-17(9-30-13-7-18(31)27-8-14(30)11-34-10-13)28-21(22-26-4-5-35-22)29-20(19)15-3-2-12(25)6-16(15)24/h2-6,13-14,20H,7-11H2,1H3,(H,27,31)(H,28,29). The number of aliphatic imine (C=N–C) groups is 1. The van der Waals surface area contributed by atoms with Crippen LogP contribution in [-0.4, -0.2) is 73.1 Å². The number of esters is 1. The molecule has 1 aromatic heterocycles. The molecule has 2 saturated heterocycles. The summed E-state index contributed by atoms with van der Waals surface area (Å²) in [6.07, 6.45) is 1.95. The van der Waals surface area contributed by atoms with Gasteiger partial charge in [-0.25, -0.2) is 14.2 Å². The van der Waals surface area contributed by atoms with E-state index in [0.717, 1.165) is 0 Å². The fourth-order valence-electron chi connectivity index (χ4n) is 4.61. The van der Waals surface area contributed by atoms with Crippen LogP contribution in [0.15, 0.2) is 46.0 Å². The molecule has 2 bridgehead atoms. The van der Waals surface area contributed by atoms with E-state index in [4.69, 9.17) is 26.1 Å². The Morgan fingerprint density at radius 1 is 1.37 bits per heavy atom. The van der Waals surface area contributed by atoms with E-state index < -0.39 is 17.8 Å². The van der Waals surface area contributed by atoms with Crippen LogP contribution in [0.25, 0.3) is 0 Å². The minimum Gasteiger partial charge on any atom is -0.466 e. The number of morpholine rings is 1. The minimum absolute atomic E-state index is 0.0345. The van der Waals surface area contributed by atoms with Gasteiger partial charge in [-0.1, -0.05) is 17.7 Å². The zero-order valence-electron chi connectivity index (χ0n) is 18.8. The van der Waals surface area contributed by atoms with Gasteiger partial charge in [0.05, 0.1) is 31.9 Å². The monoisotopic (exact) mass is 519 g/mol. The number of carbonyl (C=O) groups is 2. The van der Waals surface area contributed by atoms with Crippen LogP contribution in [0.2, 0.25) is 5.02 Å². The number of aromatic nitrogens is 1. The molecule has 0 radical (unpaired) electrons. The van der Waals surface area contributed by atoms with Crippen molar-refractivity contribution in [1.82, 2.24) is 20.5 Å². The summed E-state index contributed by atoms with van der Waals surface area (Å²) in [4.78, 5) is 36.6. The molecule has 35 heavy (non-hydrogen) atoms. The molecule has 2 aromatic rings. The Bertz CT molecular complexity index is 1200. The highest BCUT2D eigenvalue weighted by molar-refractivity contribution is 7.11. The van der Waals surface area contributed by atoms with Crippen LogP contribution in [0.1, 0.15) is 23.0 Å². The molecule has 0 spiro atoms. The van der Waals surface area contributed by atoms with Crippen molar-refractivity contribution < 1.29 is 23.5 Å².